The fourth-order valence-electron chi connectivity index (χ4n) is 6.76. The Morgan fingerprint density at radius 1 is 1.17 bits per heavy atom. The van der Waals surface area contributed by atoms with Crippen LogP contribution in [-0.2, 0) is 26.9 Å². The molecule has 1 aromatic heterocycles. The molecule has 1 amide bonds. The lowest BCUT2D eigenvalue weighted by atomic mass is 9.74. The number of carbonyl (C=O) groups is 1. The van der Waals surface area contributed by atoms with Crippen molar-refractivity contribution in [1.82, 2.24) is 20.5 Å². The number of nitrogens with one attached hydrogen (secondary N) is 2. The van der Waals surface area contributed by atoms with Crippen molar-refractivity contribution in [2.24, 2.45) is 11.3 Å². The Labute approximate surface area is 249 Å². The number of pyridine rings is 1. The lowest BCUT2D eigenvalue weighted by Gasteiger charge is -2.42. The van der Waals surface area contributed by atoms with Crippen LogP contribution in [-0.4, -0.2) is 93.1 Å². The first kappa shape index (κ1) is 33.0. The molecule has 1 aliphatic carbocycles. The highest BCUT2D eigenvalue weighted by atomic mass is 19.4. The molecule has 3 aliphatic rings. The van der Waals surface area contributed by atoms with Gasteiger partial charge in [-0.1, -0.05) is 27.7 Å². The van der Waals surface area contributed by atoms with Crippen molar-refractivity contribution < 1.29 is 27.4 Å². The second kappa shape index (κ2) is 14.2. The van der Waals surface area contributed by atoms with Gasteiger partial charge in [0.1, 0.15) is 5.82 Å². The number of alkyl halides is 3. The summed E-state index contributed by atoms with van der Waals surface area (Å²) in [6.07, 6.45) is 0.181. The van der Waals surface area contributed by atoms with Gasteiger partial charge in [0.15, 0.2) is 0 Å². The molecule has 238 valence electrons. The third kappa shape index (κ3) is 7.95. The lowest BCUT2D eigenvalue weighted by molar-refractivity contribution is -0.145. The van der Waals surface area contributed by atoms with Gasteiger partial charge in [0, 0.05) is 63.7 Å². The monoisotopic (exact) mass is 597 g/mol. The molecule has 0 unspecified atom stereocenters. The molecule has 3 fully saturated rings. The van der Waals surface area contributed by atoms with Crippen LogP contribution in [0.4, 0.5) is 19.0 Å². The summed E-state index contributed by atoms with van der Waals surface area (Å²) in [6.45, 7) is 12.2. The maximum absolute atomic E-state index is 14.1. The van der Waals surface area contributed by atoms with Gasteiger partial charge in [0.05, 0.1) is 23.7 Å². The number of nitrogens with zero attached hydrogens (tertiary/aromatic N) is 3. The Morgan fingerprint density at radius 2 is 1.90 bits per heavy atom. The molecule has 0 spiro atoms. The number of anilines is 1. The standard InChI is InChI=1S/C31H50F3N5O3/c1-21(2)30(10-8-25(19-30)36-26-9-16-42-20-27(26)41-5)29(40)39-14-12-38(13-15-39)28-18-23(31(32,33)34)17-24(37-28)7-6-11-35-22(3)4/h17-18,21-22,25-27,35-36H,6-16,19-20H2,1-5H3/t25-,26+,27-,30+/m1/s1. The first-order chi connectivity index (χ1) is 19.9. The molecule has 2 saturated heterocycles. The van der Waals surface area contributed by atoms with Crippen molar-refractivity contribution in [3.05, 3.63) is 23.4 Å². The highest BCUT2D eigenvalue weighted by Gasteiger charge is 2.50. The van der Waals surface area contributed by atoms with Crippen molar-refractivity contribution in [1.29, 1.82) is 0 Å². The van der Waals surface area contributed by atoms with Crippen LogP contribution >= 0.6 is 0 Å². The molecule has 0 aromatic carbocycles. The number of ether oxygens (including phenoxy) is 2. The van der Waals surface area contributed by atoms with Crippen molar-refractivity contribution >= 4 is 11.7 Å². The van der Waals surface area contributed by atoms with Crippen molar-refractivity contribution in [2.45, 2.75) is 96.6 Å². The number of methoxy groups -OCH3 is 1. The predicted octanol–water partition coefficient (Wildman–Crippen LogP) is 4.27. The van der Waals surface area contributed by atoms with E-state index in [-0.39, 0.29) is 30.0 Å². The van der Waals surface area contributed by atoms with Crippen LogP contribution in [0.1, 0.15) is 71.1 Å². The number of aryl methyl sites for hydroxylation is 1. The van der Waals surface area contributed by atoms with Crippen LogP contribution in [0, 0.1) is 11.3 Å². The van der Waals surface area contributed by atoms with E-state index >= 15 is 0 Å². The molecule has 42 heavy (non-hydrogen) atoms. The van der Waals surface area contributed by atoms with Gasteiger partial charge in [-0.2, -0.15) is 13.2 Å². The van der Waals surface area contributed by atoms with Gasteiger partial charge in [-0.3, -0.25) is 4.79 Å². The maximum atomic E-state index is 14.1. The summed E-state index contributed by atoms with van der Waals surface area (Å²) < 4.78 is 52.5. The van der Waals surface area contributed by atoms with Crippen LogP contribution in [0.15, 0.2) is 12.1 Å². The van der Waals surface area contributed by atoms with E-state index in [1.165, 1.54) is 6.07 Å². The van der Waals surface area contributed by atoms with Crippen LogP contribution in [0.3, 0.4) is 0 Å². The molecule has 2 aliphatic heterocycles. The van der Waals surface area contributed by atoms with Gasteiger partial charge in [0.2, 0.25) is 5.91 Å². The third-order valence-electron chi connectivity index (χ3n) is 9.38. The molecule has 1 aromatic rings. The number of piperazine rings is 1. The summed E-state index contributed by atoms with van der Waals surface area (Å²) in [7, 11) is 1.71. The normalized spacial score (nSPS) is 27.3. The Kier molecular flexibility index (Phi) is 11.2. The highest BCUT2D eigenvalue weighted by Crippen LogP contribution is 2.46. The number of aromatic nitrogens is 1. The molecule has 0 bridgehead atoms. The molecule has 0 radical (unpaired) electrons. The predicted molar refractivity (Wildman–Crippen MR) is 158 cm³/mol. The van der Waals surface area contributed by atoms with Crippen molar-refractivity contribution in [3.8, 4) is 0 Å². The molecule has 4 atom stereocenters. The highest BCUT2D eigenvalue weighted by molar-refractivity contribution is 5.84. The van der Waals surface area contributed by atoms with Crippen LogP contribution in [0.2, 0.25) is 0 Å². The molecule has 8 nitrogen and oxygen atoms in total. The van der Waals surface area contributed by atoms with E-state index in [4.69, 9.17) is 9.47 Å². The third-order valence-corrected chi connectivity index (χ3v) is 9.38. The van der Waals surface area contributed by atoms with Crippen molar-refractivity contribution in [3.63, 3.8) is 0 Å². The van der Waals surface area contributed by atoms with E-state index in [0.29, 0.717) is 69.8 Å². The number of rotatable bonds is 11. The maximum Gasteiger partial charge on any atom is 0.416 e. The van der Waals surface area contributed by atoms with E-state index in [1.807, 2.05) is 23.6 Å². The second-order valence-electron chi connectivity index (χ2n) is 12.9. The average Bonchev–Trinajstić information content (AvgIpc) is 3.40. The SMILES string of the molecule is CO[C@@H]1COCC[C@@H]1N[C@@H]1CC[C@@](C(=O)N2CCN(c3cc(C(F)(F)F)cc(CCCNC(C)C)n3)CC2)(C(C)C)C1. The fourth-order valence-corrected chi connectivity index (χ4v) is 6.76. The average molecular weight is 598 g/mol. The summed E-state index contributed by atoms with van der Waals surface area (Å²) in [5.41, 5.74) is -0.659. The van der Waals surface area contributed by atoms with E-state index in [0.717, 1.165) is 38.3 Å². The Hall–Kier alpha value is -1.95. The smallest absolute Gasteiger partial charge is 0.379 e. The van der Waals surface area contributed by atoms with E-state index < -0.39 is 17.2 Å². The summed E-state index contributed by atoms with van der Waals surface area (Å²) >= 11 is 0. The zero-order valence-electron chi connectivity index (χ0n) is 25.9. The topological polar surface area (TPSA) is 79.0 Å². The summed E-state index contributed by atoms with van der Waals surface area (Å²) in [5.74, 6) is 0.698. The first-order valence-electron chi connectivity index (χ1n) is 15.7. The minimum absolute atomic E-state index is 0.0123. The Bertz CT molecular complexity index is 1030. The first-order valence-corrected chi connectivity index (χ1v) is 15.7. The number of carbonyl (C=O) groups excluding carboxylic acids is 1. The van der Waals surface area contributed by atoms with Gasteiger partial charge in [-0.25, -0.2) is 4.98 Å². The summed E-state index contributed by atoms with van der Waals surface area (Å²) in [6, 6.07) is 3.10. The Balaban J connectivity index is 1.39. The Morgan fingerprint density at radius 3 is 2.55 bits per heavy atom. The zero-order valence-corrected chi connectivity index (χ0v) is 25.9. The van der Waals surface area contributed by atoms with E-state index in [9.17, 15) is 18.0 Å². The van der Waals surface area contributed by atoms with Crippen molar-refractivity contribution in [2.75, 3.05) is 57.9 Å². The minimum Gasteiger partial charge on any atom is -0.379 e. The number of hydrogen-bond donors (Lipinski definition) is 2. The lowest BCUT2D eigenvalue weighted by Crippen LogP contribution is -2.55. The molecule has 2 N–H and O–H groups in total. The minimum atomic E-state index is -4.44. The van der Waals surface area contributed by atoms with Gasteiger partial charge in [0.25, 0.3) is 0 Å². The summed E-state index contributed by atoms with van der Waals surface area (Å²) in [5, 5.41) is 7.08. The molecule has 1 saturated carbocycles. The fraction of sp³-hybridized carbons (Fsp3) is 0.806. The zero-order chi connectivity index (χ0) is 30.5. The molecule has 4 rings (SSSR count). The number of hydrogen-bond acceptors (Lipinski definition) is 7. The van der Waals surface area contributed by atoms with Crippen LogP contribution in [0.25, 0.3) is 0 Å². The largest absolute Gasteiger partial charge is 0.416 e. The quantitative estimate of drug-likeness (QED) is 0.369. The van der Waals surface area contributed by atoms with Crippen LogP contribution in [0.5, 0.6) is 0 Å². The number of amides is 1. The molecular formula is C31H50F3N5O3. The van der Waals surface area contributed by atoms with Gasteiger partial charge >= 0.3 is 6.18 Å². The van der Waals surface area contributed by atoms with E-state index in [2.05, 4.69) is 29.5 Å². The van der Waals surface area contributed by atoms with Gasteiger partial charge in [-0.05, 0) is 63.1 Å². The van der Waals surface area contributed by atoms with Crippen LogP contribution < -0.4 is 15.5 Å². The van der Waals surface area contributed by atoms with Gasteiger partial charge < -0.3 is 29.9 Å². The van der Waals surface area contributed by atoms with Gasteiger partial charge in [-0.15, -0.1) is 0 Å². The van der Waals surface area contributed by atoms with E-state index in [1.54, 1.807) is 7.11 Å². The number of halogens is 3. The molecule has 3 heterocycles. The summed E-state index contributed by atoms with van der Waals surface area (Å²) in [4.78, 5) is 22.5. The molecule has 11 heteroatoms. The second-order valence-corrected chi connectivity index (χ2v) is 12.9. The molecular weight excluding hydrogens is 547 g/mol.